The Bertz CT molecular complexity index is 1970. The molecule has 0 aliphatic heterocycles. The molecule has 0 fully saturated rings. The summed E-state index contributed by atoms with van der Waals surface area (Å²) in [6, 6.07) is 21.0. The Morgan fingerprint density at radius 1 is 0.477 bits per heavy atom. The molecule has 4 aromatic carbocycles. The molecule has 0 aliphatic carbocycles. The van der Waals surface area contributed by atoms with Gasteiger partial charge in [0.1, 0.15) is 38.9 Å². The quantitative estimate of drug-likeness (QED) is 0.0272. The fourth-order valence-electron chi connectivity index (χ4n) is 7.64. The van der Waals surface area contributed by atoms with Crippen molar-refractivity contribution in [2.75, 3.05) is 0 Å². The van der Waals surface area contributed by atoms with Crippen LogP contribution in [0.3, 0.4) is 0 Å². The second kappa shape index (κ2) is 33.6. The van der Waals surface area contributed by atoms with E-state index >= 15 is 0 Å². The summed E-state index contributed by atoms with van der Waals surface area (Å²) < 4.78 is 78.3. The number of rotatable bonds is 32. The van der Waals surface area contributed by atoms with Crippen molar-refractivity contribution < 1.29 is 45.6 Å². The maximum Gasteiger partial charge on any atom is 2.00 e. The molecule has 0 aromatic heterocycles. The van der Waals surface area contributed by atoms with Crippen LogP contribution in [0.1, 0.15) is 179 Å². The normalized spacial score (nSPS) is 11.4. The summed E-state index contributed by atoms with van der Waals surface area (Å²) in [6.07, 6.45) is 31.9. The first-order chi connectivity index (χ1) is 30.8. The van der Waals surface area contributed by atoms with Gasteiger partial charge in [-0.15, -0.1) is 5.75 Å². The maximum absolute atomic E-state index is 11.6. The van der Waals surface area contributed by atoms with Gasteiger partial charge in [0.15, 0.2) is 0 Å². The van der Waals surface area contributed by atoms with Gasteiger partial charge in [-0.1, -0.05) is 185 Å². The van der Waals surface area contributed by atoms with Crippen LogP contribution in [0.5, 0.6) is 34.5 Å². The summed E-state index contributed by atoms with van der Waals surface area (Å²) in [5.74, 6) is 1.31. The van der Waals surface area contributed by atoms with Gasteiger partial charge in [0.05, 0.1) is 9.79 Å². The summed E-state index contributed by atoms with van der Waals surface area (Å²) in [4.78, 5) is -0.532. The number of aromatic hydroxyl groups is 1. The van der Waals surface area contributed by atoms with Crippen LogP contribution in [-0.2, 0) is 33.1 Å². The average Bonchev–Trinajstić information content (AvgIpc) is 3.25. The number of ether oxygens (including phenoxy) is 2. The van der Waals surface area contributed by atoms with E-state index in [9.17, 15) is 36.2 Å². The van der Waals surface area contributed by atoms with Crippen molar-refractivity contribution in [3.63, 3.8) is 0 Å². The second-order valence-electron chi connectivity index (χ2n) is 16.9. The van der Waals surface area contributed by atoms with E-state index in [1.807, 2.05) is 0 Å². The molecular weight excluding hydrogens is 889 g/mol. The van der Waals surface area contributed by atoms with Gasteiger partial charge < -0.3 is 24.2 Å². The third-order valence-electron chi connectivity index (χ3n) is 11.3. The predicted molar refractivity (Wildman–Crippen MR) is 260 cm³/mol. The Morgan fingerprint density at radius 2 is 0.846 bits per heavy atom. The Kier molecular flexibility index (Phi) is 30.1. The Labute approximate surface area is 421 Å². The van der Waals surface area contributed by atoms with Crippen molar-refractivity contribution in [3.8, 4) is 34.5 Å². The number of hydrogen-bond acceptors (Lipinski definition) is 9. The zero-order valence-electron chi connectivity index (χ0n) is 39.2. The van der Waals surface area contributed by atoms with Crippen LogP contribution in [0.2, 0.25) is 0 Å². The fraction of sp³-hybridized carbons (Fsp3) is 0.538. The minimum absolute atomic E-state index is 0. The van der Waals surface area contributed by atoms with Crippen molar-refractivity contribution in [3.05, 3.63) is 96.1 Å². The van der Waals surface area contributed by atoms with Crippen LogP contribution < -0.4 is 14.6 Å². The topological polar surface area (TPSA) is 173 Å². The Hall–Kier alpha value is -2.84. The summed E-state index contributed by atoms with van der Waals surface area (Å²) in [5.41, 5.74) is 1.72. The first kappa shape index (κ1) is 58.3. The number of aryl methyl sites for hydroxylation is 2. The maximum atomic E-state index is 11.6. The number of phenolic OH excluding ortho intramolecular Hbond substituents is 1. The van der Waals surface area contributed by atoms with E-state index in [1.165, 1.54) is 177 Å². The molecule has 4 rings (SSSR count). The fourth-order valence-corrected chi connectivity index (χ4v) is 8.62. The molecule has 0 amide bonds. The van der Waals surface area contributed by atoms with Gasteiger partial charge in [-0.25, -0.2) is 8.42 Å². The standard InChI is InChI=1S/2C26H38O5S.Ca/c2*1-2-3-4-5-6-7-8-9-10-11-12-13-15-22-18-19-25(32(28,29)30)21-26(22)31-24-17-14-16-23(27)20-24;/h2*14,16-21,27H,2-13,15H2,1H3,(H,28,29,30);/q;;+2/p-2. The minimum Gasteiger partial charge on any atom is -0.872 e. The molecule has 0 heterocycles. The van der Waals surface area contributed by atoms with Crippen LogP contribution in [0.25, 0.3) is 0 Å². The molecule has 10 nitrogen and oxygen atoms in total. The van der Waals surface area contributed by atoms with Gasteiger partial charge in [0.2, 0.25) is 0 Å². The largest absolute Gasteiger partial charge is 2.00 e. The van der Waals surface area contributed by atoms with Crippen molar-refractivity contribution in [2.24, 2.45) is 0 Å². The van der Waals surface area contributed by atoms with Crippen LogP contribution in [0, 0.1) is 0 Å². The van der Waals surface area contributed by atoms with E-state index in [4.69, 9.17) is 9.47 Å². The van der Waals surface area contributed by atoms with E-state index in [2.05, 4.69) is 13.8 Å². The van der Waals surface area contributed by atoms with Gasteiger partial charge in [-0.2, -0.15) is 8.42 Å². The van der Waals surface area contributed by atoms with E-state index in [-0.39, 0.29) is 59.0 Å². The van der Waals surface area contributed by atoms with Crippen molar-refractivity contribution in [1.82, 2.24) is 0 Å². The molecule has 0 saturated carbocycles. The van der Waals surface area contributed by atoms with E-state index in [0.717, 1.165) is 49.7 Å². The Balaban J connectivity index is 0.000000440. The molecule has 0 bridgehead atoms. The van der Waals surface area contributed by atoms with Gasteiger partial charge >= 0.3 is 37.7 Å². The van der Waals surface area contributed by atoms with Crippen LogP contribution in [0.15, 0.2) is 94.7 Å². The van der Waals surface area contributed by atoms with Crippen molar-refractivity contribution in [1.29, 1.82) is 0 Å². The molecule has 0 atom stereocenters. The molecule has 4 aromatic rings. The molecule has 0 radical (unpaired) electrons. The molecule has 0 spiro atoms. The number of phenols is 1. The first-order valence-corrected chi connectivity index (χ1v) is 26.8. The molecule has 356 valence electrons. The average molecular weight is 963 g/mol. The molecule has 65 heavy (non-hydrogen) atoms. The predicted octanol–water partition coefficient (Wildman–Crippen LogP) is 14.0. The van der Waals surface area contributed by atoms with Gasteiger partial charge in [0, 0.05) is 12.1 Å². The zero-order valence-corrected chi connectivity index (χ0v) is 43.0. The van der Waals surface area contributed by atoms with E-state index < -0.39 is 20.2 Å². The molecule has 13 heteroatoms. The number of unbranched alkanes of at least 4 members (excludes halogenated alkanes) is 22. The first-order valence-electron chi connectivity index (χ1n) is 23.9. The summed E-state index contributed by atoms with van der Waals surface area (Å²) in [6.45, 7) is 4.49. The number of benzene rings is 4. The molecule has 2 N–H and O–H groups in total. The SMILES string of the molecule is CCCCCCCCCCCCCCc1ccc(S(=O)(=O)O)cc1Oc1cccc(O)c1.CCCCCCCCCCCCCCc1ccc(S(=O)(=O)[O-])cc1Oc1cccc([O-])c1.[Ca+2]. The van der Waals surface area contributed by atoms with E-state index in [1.54, 1.807) is 36.4 Å². The van der Waals surface area contributed by atoms with Crippen LogP contribution >= 0.6 is 0 Å². The second-order valence-corrected chi connectivity index (χ2v) is 19.7. The molecule has 0 saturated heterocycles. The van der Waals surface area contributed by atoms with Gasteiger partial charge in [-0.05, 0) is 79.3 Å². The minimum atomic E-state index is -4.58. The molecule has 0 aliphatic rings. The van der Waals surface area contributed by atoms with Gasteiger partial charge in [0.25, 0.3) is 10.1 Å². The monoisotopic (exact) mass is 962 g/mol. The van der Waals surface area contributed by atoms with Gasteiger partial charge in [-0.3, -0.25) is 4.55 Å². The third kappa shape index (κ3) is 25.8. The number of hydrogen-bond donors (Lipinski definition) is 2. The van der Waals surface area contributed by atoms with Crippen LogP contribution in [0.4, 0.5) is 0 Å². The van der Waals surface area contributed by atoms with Crippen molar-refractivity contribution in [2.45, 2.75) is 191 Å². The molecular formula is C52H74CaO10S2. The third-order valence-corrected chi connectivity index (χ3v) is 13.0. The van der Waals surface area contributed by atoms with Crippen molar-refractivity contribution >= 4 is 58.0 Å². The molecule has 0 unspecified atom stereocenters. The Morgan fingerprint density at radius 3 is 1.23 bits per heavy atom. The summed E-state index contributed by atoms with van der Waals surface area (Å²) in [5, 5.41) is 21.2. The zero-order chi connectivity index (χ0) is 46.5. The smallest absolute Gasteiger partial charge is 0.872 e. The summed E-state index contributed by atoms with van der Waals surface area (Å²) in [7, 11) is -8.90. The summed E-state index contributed by atoms with van der Waals surface area (Å²) >= 11 is 0. The van der Waals surface area contributed by atoms with Crippen LogP contribution in [-0.4, -0.2) is 68.8 Å². The van der Waals surface area contributed by atoms with E-state index in [0.29, 0.717) is 23.0 Å².